The van der Waals surface area contributed by atoms with Crippen LogP contribution in [0.4, 0.5) is 5.13 Å². The van der Waals surface area contributed by atoms with Gasteiger partial charge < -0.3 is 30.9 Å². The zero-order chi connectivity index (χ0) is 28.4. The van der Waals surface area contributed by atoms with Crippen molar-refractivity contribution in [1.82, 2.24) is 15.2 Å². The highest BCUT2D eigenvalue weighted by molar-refractivity contribution is 8.00. The molecule has 0 radical (unpaired) electrons. The van der Waals surface area contributed by atoms with Crippen LogP contribution in [-0.2, 0) is 30.6 Å². The van der Waals surface area contributed by atoms with Crippen LogP contribution in [-0.4, -0.2) is 67.2 Å². The normalized spacial score (nSPS) is 21.9. The van der Waals surface area contributed by atoms with Crippen molar-refractivity contribution in [3.63, 3.8) is 0 Å². The van der Waals surface area contributed by atoms with E-state index in [0.717, 1.165) is 16.2 Å². The maximum atomic E-state index is 13.2. The molecule has 5 rings (SSSR count). The van der Waals surface area contributed by atoms with Gasteiger partial charge in [0.25, 0.3) is 11.8 Å². The van der Waals surface area contributed by atoms with Crippen LogP contribution in [0.3, 0.4) is 0 Å². The van der Waals surface area contributed by atoms with E-state index in [1.54, 1.807) is 12.2 Å². The Kier molecular flexibility index (Phi) is 7.58. The second-order valence-electron chi connectivity index (χ2n) is 9.25. The van der Waals surface area contributed by atoms with Crippen molar-refractivity contribution >= 4 is 57.7 Å². The predicted octanol–water partition coefficient (Wildman–Crippen LogP) is -0.599. The largest absolute Gasteiger partial charge is 0.543 e. The first kappa shape index (κ1) is 27.3. The first-order valence-corrected chi connectivity index (χ1v) is 14.1. The average Bonchev–Trinajstić information content (AvgIpc) is 3.34. The van der Waals surface area contributed by atoms with E-state index < -0.39 is 40.8 Å². The summed E-state index contributed by atoms with van der Waals surface area (Å²) >= 11 is 2.33. The minimum absolute atomic E-state index is 0.0545. The van der Waals surface area contributed by atoms with Crippen molar-refractivity contribution in [3.8, 4) is 0 Å². The number of carboxylic acid groups (broad SMARTS) is 2. The van der Waals surface area contributed by atoms with Gasteiger partial charge in [-0.25, -0.2) is 14.3 Å². The summed E-state index contributed by atoms with van der Waals surface area (Å²) in [4.78, 5) is 60.5. The van der Waals surface area contributed by atoms with E-state index in [2.05, 4.69) is 15.5 Å². The molecule has 40 heavy (non-hydrogen) atoms. The topological polar surface area (TPSA) is 191 Å². The first-order valence-electron chi connectivity index (χ1n) is 12.2. The van der Waals surface area contributed by atoms with Gasteiger partial charge in [-0.2, -0.15) is 0 Å². The number of hydrogen-bond acceptors (Lipinski definition) is 11. The number of oxime groups is 1. The lowest BCUT2D eigenvalue weighted by atomic mass is 9.80. The summed E-state index contributed by atoms with van der Waals surface area (Å²) in [5.41, 5.74) is 4.06. The number of nitrogen functional groups attached to an aromatic ring is 1. The summed E-state index contributed by atoms with van der Waals surface area (Å²) in [5, 5.41) is 28.9. The monoisotopic (exact) mass is 584 g/mol. The van der Waals surface area contributed by atoms with Crippen molar-refractivity contribution in [1.29, 1.82) is 0 Å². The minimum atomic E-state index is -1.54. The fourth-order valence-electron chi connectivity index (χ4n) is 4.42. The third-order valence-corrected chi connectivity index (χ3v) is 8.71. The number of anilines is 1. The molecule has 2 amide bonds. The molecule has 2 aliphatic heterocycles. The summed E-state index contributed by atoms with van der Waals surface area (Å²) in [6.07, 6.45) is 8.27. The van der Waals surface area contributed by atoms with Gasteiger partial charge >= 0.3 is 5.97 Å². The summed E-state index contributed by atoms with van der Waals surface area (Å²) in [6, 6.07) is 4.57. The van der Waals surface area contributed by atoms with Crippen LogP contribution < -0.4 is 20.7 Å². The SMILES string of the molecule is Nc1nc(/C(=N/OC2(C(=O)O)CCC2)C(=O)NC2C(=O)N3C(C(=O)[O-])=C(C=CC[n+]4ccccc4)CS[C@H]23)cs1. The van der Waals surface area contributed by atoms with E-state index >= 15 is 0 Å². The van der Waals surface area contributed by atoms with E-state index in [4.69, 9.17) is 10.6 Å². The van der Waals surface area contributed by atoms with Crippen LogP contribution in [0, 0.1) is 0 Å². The van der Waals surface area contributed by atoms with Crippen molar-refractivity contribution in [2.24, 2.45) is 5.16 Å². The number of nitrogens with zero attached hydrogens (tertiary/aromatic N) is 4. The molecule has 3 aliphatic rings. The molecule has 2 fully saturated rings. The third-order valence-electron chi connectivity index (χ3n) is 6.73. The number of fused-ring (bicyclic) bond motifs is 1. The summed E-state index contributed by atoms with van der Waals surface area (Å²) < 4.78 is 1.90. The van der Waals surface area contributed by atoms with Crippen molar-refractivity contribution in [3.05, 3.63) is 65.1 Å². The highest BCUT2D eigenvalue weighted by Crippen LogP contribution is 2.40. The van der Waals surface area contributed by atoms with Gasteiger partial charge in [0.05, 0.1) is 11.7 Å². The molecule has 1 unspecified atom stereocenters. The number of carbonyl (C=O) groups excluding carboxylic acids is 3. The molecule has 1 aliphatic carbocycles. The lowest BCUT2D eigenvalue weighted by molar-refractivity contribution is -0.687. The number of thiazole rings is 1. The number of carbonyl (C=O) groups is 4. The number of β-lactam (4-membered cyclic amide) rings is 1. The Hall–Kier alpha value is -4.24. The lowest BCUT2D eigenvalue weighted by Crippen LogP contribution is -2.71. The standard InChI is InChI=1S/C25H24N6O7S2/c26-24-27-15(13-40-24)16(29-38-25(23(36)37)7-5-8-25)19(32)28-17-20(33)31-18(22(34)35)14(12-39-21(17)31)6-4-11-30-9-2-1-3-10-30/h1-4,6,9-10,13,17,21H,5,7-8,11-12H2,(H4-,26,27,28,32,34,35,36,37)/b6-4?,29-16-/t17?,21-/m1/s1. The molecule has 0 spiro atoms. The van der Waals surface area contributed by atoms with Crippen LogP contribution in [0.15, 0.2) is 64.6 Å². The Bertz CT molecular complexity index is 1450. The van der Waals surface area contributed by atoms with E-state index in [9.17, 15) is 29.4 Å². The molecular formula is C25H24N6O7S2. The molecule has 4 N–H and O–H groups in total. The van der Waals surface area contributed by atoms with E-state index in [0.29, 0.717) is 18.5 Å². The van der Waals surface area contributed by atoms with Crippen LogP contribution in [0.25, 0.3) is 0 Å². The number of aromatic nitrogens is 2. The van der Waals surface area contributed by atoms with Gasteiger partial charge in [0.2, 0.25) is 5.60 Å². The van der Waals surface area contributed by atoms with Gasteiger partial charge in [0, 0.05) is 36.1 Å². The Morgan fingerprint density at radius 2 is 2.08 bits per heavy atom. The minimum Gasteiger partial charge on any atom is -0.543 e. The van der Waals surface area contributed by atoms with Crippen LogP contribution >= 0.6 is 23.1 Å². The number of nitrogens with one attached hydrogen (secondary N) is 1. The molecular weight excluding hydrogens is 560 g/mol. The van der Waals surface area contributed by atoms with Crippen molar-refractivity contribution in [2.75, 3.05) is 11.5 Å². The molecule has 1 saturated heterocycles. The number of thioether (sulfide) groups is 1. The van der Waals surface area contributed by atoms with Gasteiger partial charge in [-0.05, 0) is 18.1 Å². The molecule has 2 aromatic rings. The van der Waals surface area contributed by atoms with E-state index in [-0.39, 0.29) is 40.8 Å². The molecule has 15 heteroatoms. The average molecular weight is 585 g/mol. The maximum absolute atomic E-state index is 13.2. The summed E-state index contributed by atoms with van der Waals surface area (Å²) in [5.74, 6) is -3.89. The van der Waals surface area contributed by atoms with Crippen LogP contribution in [0.5, 0.6) is 0 Å². The van der Waals surface area contributed by atoms with Crippen LogP contribution in [0.1, 0.15) is 25.0 Å². The predicted molar refractivity (Wildman–Crippen MR) is 141 cm³/mol. The van der Waals surface area contributed by atoms with Crippen LogP contribution in [0.2, 0.25) is 0 Å². The number of pyridine rings is 1. The highest BCUT2D eigenvalue weighted by Gasteiger charge is 2.53. The molecule has 2 atom stereocenters. The molecule has 0 aromatic carbocycles. The first-order chi connectivity index (χ1) is 19.2. The molecule has 208 valence electrons. The fourth-order valence-corrected chi connectivity index (χ4v) is 6.28. The Morgan fingerprint density at radius 1 is 1.32 bits per heavy atom. The van der Waals surface area contributed by atoms with Crippen molar-refractivity contribution in [2.45, 2.75) is 42.8 Å². The Balaban J connectivity index is 1.32. The van der Waals surface area contributed by atoms with Gasteiger partial charge in [0.15, 0.2) is 29.8 Å². The highest BCUT2D eigenvalue weighted by atomic mass is 32.2. The summed E-state index contributed by atoms with van der Waals surface area (Å²) in [6.45, 7) is 0.500. The third kappa shape index (κ3) is 5.16. The zero-order valence-electron chi connectivity index (χ0n) is 20.9. The maximum Gasteiger partial charge on any atom is 0.350 e. The van der Waals surface area contributed by atoms with Gasteiger partial charge in [0.1, 0.15) is 17.1 Å². The van der Waals surface area contributed by atoms with Crippen molar-refractivity contribution < 1.29 is 38.8 Å². The second-order valence-corrected chi connectivity index (χ2v) is 11.2. The Labute approximate surface area is 236 Å². The molecule has 1 saturated carbocycles. The number of amides is 2. The lowest BCUT2D eigenvalue weighted by Gasteiger charge is -2.50. The number of nitrogens with two attached hydrogens (primary N) is 1. The molecule has 2 aromatic heterocycles. The summed E-state index contributed by atoms with van der Waals surface area (Å²) in [7, 11) is 0. The molecule has 0 bridgehead atoms. The molecule has 13 nitrogen and oxygen atoms in total. The quantitative estimate of drug-likeness (QED) is 0.141. The van der Waals surface area contributed by atoms with E-state index in [1.807, 2.05) is 35.2 Å². The zero-order valence-corrected chi connectivity index (χ0v) is 22.5. The van der Waals surface area contributed by atoms with Gasteiger partial charge in [-0.1, -0.05) is 17.3 Å². The van der Waals surface area contributed by atoms with E-state index in [1.165, 1.54) is 17.1 Å². The fraction of sp³-hybridized carbons (Fsp3) is 0.320. The number of rotatable bonds is 10. The number of aliphatic carboxylic acids is 2. The number of carboxylic acids is 2. The second kappa shape index (κ2) is 11.1. The number of hydrogen-bond donors (Lipinski definition) is 3. The Morgan fingerprint density at radius 3 is 2.67 bits per heavy atom. The van der Waals surface area contributed by atoms with Gasteiger partial charge in [-0.15, -0.1) is 23.1 Å². The molecule has 4 heterocycles. The smallest absolute Gasteiger partial charge is 0.350 e. The number of allylic oxidation sites excluding steroid dienone is 2. The van der Waals surface area contributed by atoms with Gasteiger partial charge in [-0.3, -0.25) is 14.5 Å².